The van der Waals surface area contributed by atoms with Crippen molar-refractivity contribution in [1.82, 2.24) is 0 Å². The number of fused-ring (bicyclic) bond motifs is 1. The van der Waals surface area contributed by atoms with Crippen LogP contribution in [0, 0.1) is 5.92 Å². The summed E-state index contributed by atoms with van der Waals surface area (Å²) < 4.78 is 10.5. The van der Waals surface area contributed by atoms with E-state index in [1.54, 1.807) is 14.2 Å². The molecule has 0 aliphatic heterocycles. The van der Waals surface area contributed by atoms with E-state index in [9.17, 15) is 4.79 Å². The average molecular weight is 236 g/mol. The molecule has 0 saturated carbocycles. The number of carboxylic acids is 1. The summed E-state index contributed by atoms with van der Waals surface area (Å²) in [5.74, 6) is 0.492. The largest absolute Gasteiger partial charge is 0.497 e. The molecule has 1 atom stereocenters. The normalized spacial score (nSPS) is 18.4. The van der Waals surface area contributed by atoms with Crippen molar-refractivity contribution in [3.8, 4) is 11.5 Å². The summed E-state index contributed by atoms with van der Waals surface area (Å²) in [7, 11) is 3.22. The molecule has 0 fully saturated rings. The van der Waals surface area contributed by atoms with Crippen LogP contribution in [0.25, 0.3) is 0 Å². The Morgan fingerprint density at radius 2 is 2.12 bits per heavy atom. The van der Waals surface area contributed by atoms with Gasteiger partial charge in [-0.3, -0.25) is 4.79 Å². The van der Waals surface area contributed by atoms with Crippen LogP contribution in [0.2, 0.25) is 0 Å². The molecule has 1 aliphatic rings. The second kappa shape index (κ2) is 4.65. The zero-order valence-corrected chi connectivity index (χ0v) is 10.0. The Labute approximate surface area is 100 Å². The number of methoxy groups -OCH3 is 2. The molecule has 0 unspecified atom stereocenters. The van der Waals surface area contributed by atoms with Crippen LogP contribution in [0.3, 0.4) is 0 Å². The van der Waals surface area contributed by atoms with E-state index in [2.05, 4.69) is 0 Å². The summed E-state index contributed by atoms with van der Waals surface area (Å²) in [4.78, 5) is 11.0. The highest BCUT2D eigenvalue weighted by Crippen LogP contribution is 2.35. The van der Waals surface area contributed by atoms with Gasteiger partial charge in [-0.2, -0.15) is 0 Å². The molecule has 0 bridgehead atoms. The van der Waals surface area contributed by atoms with Crippen molar-refractivity contribution in [3.05, 3.63) is 23.3 Å². The molecule has 0 aromatic heterocycles. The maximum atomic E-state index is 11.0. The van der Waals surface area contributed by atoms with Gasteiger partial charge in [0.15, 0.2) is 0 Å². The lowest BCUT2D eigenvalue weighted by molar-refractivity contribution is -0.142. The smallest absolute Gasteiger partial charge is 0.306 e. The lowest BCUT2D eigenvalue weighted by Gasteiger charge is -2.24. The monoisotopic (exact) mass is 236 g/mol. The molecule has 1 N–H and O–H groups in total. The van der Waals surface area contributed by atoms with Crippen LogP contribution < -0.4 is 9.47 Å². The van der Waals surface area contributed by atoms with E-state index in [-0.39, 0.29) is 5.92 Å². The van der Waals surface area contributed by atoms with Gasteiger partial charge in [0, 0.05) is 6.07 Å². The second-order valence-electron chi connectivity index (χ2n) is 4.25. The number of carboxylic acid groups (broad SMARTS) is 1. The predicted molar refractivity (Wildman–Crippen MR) is 62.7 cm³/mol. The molecule has 0 heterocycles. The summed E-state index contributed by atoms with van der Waals surface area (Å²) in [6.45, 7) is 0. The van der Waals surface area contributed by atoms with Crippen molar-refractivity contribution in [2.24, 2.45) is 5.92 Å². The molecule has 0 radical (unpaired) electrons. The average Bonchev–Trinajstić information content (AvgIpc) is 2.36. The minimum atomic E-state index is -0.725. The van der Waals surface area contributed by atoms with Gasteiger partial charge in [-0.15, -0.1) is 0 Å². The first kappa shape index (κ1) is 11.8. The predicted octanol–water partition coefficient (Wildman–Crippen LogP) is 1.89. The first-order valence-electron chi connectivity index (χ1n) is 5.62. The fourth-order valence-corrected chi connectivity index (χ4v) is 2.34. The molecule has 2 rings (SSSR count). The Morgan fingerprint density at radius 1 is 1.35 bits per heavy atom. The van der Waals surface area contributed by atoms with E-state index in [0.29, 0.717) is 18.6 Å². The molecule has 1 aliphatic carbocycles. The lowest BCUT2D eigenvalue weighted by Crippen LogP contribution is -2.22. The van der Waals surface area contributed by atoms with Crippen LogP contribution >= 0.6 is 0 Å². The minimum absolute atomic E-state index is 0.292. The van der Waals surface area contributed by atoms with E-state index in [1.165, 1.54) is 0 Å². The highest BCUT2D eigenvalue weighted by Gasteiger charge is 2.26. The van der Waals surface area contributed by atoms with Gasteiger partial charge in [-0.1, -0.05) is 0 Å². The Balaban J connectivity index is 2.39. The molecule has 92 valence electrons. The second-order valence-corrected chi connectivity index (χ2v) is 4.25. The fourth-order valence-electron chi connectivity index (χ4n) is 2.34. The number of hydrogen-bond acceptors (Lipinski definition) is 3. The van der Waals surface area contributed by atoms with Crippen molar-refractivity contribution in [2.45, 2.75) is 19.3 Å². The number of ether oxygens (including phenoxy) is 2. The molecule has 0 spiro atoms. The van der Waals surface area contributed by atoms with Gasteiger partial charge in [0.2, 0.25) is 0 Å². The highest BCUT2D eigenvalue weighted by molar-refractivity contribution is 5.71. The number of rotatable bonds is 3. The molecule has 1 aromatic carbocycles. The molecular weight excluding hydrogens is 220 g/mol. The van der Waals surface area contributed by atoms with Crippen molar-refractivity contribution in [1.29, 1.82) is 0 Å². The number of aliphatic carboxylic acids is 1. The third-order valence-electron chi connectivity index (χ3n) is 3.29. The zero-order valence-electron chi connectivity index (χ0n) is 10.0. The van der Waals surface area contributed by atoms with Crippen LogP contribution in [0.15, 0.2) is 12.1 Å². The van der Waals surface area contributed by atoms with Crippen LogP contribution in [0.4, 0.5) is 0 Å². The van der Waals surface area contributed by atoms with E-state index >= 15 is 0 Å². The van der Waals surface area contributed by atoms with Gasteiger partial charge in [-0.05, 0) is 36.5 Å². The summed E-state index contributed by atoms with van der Waals surface area (Å²) in [6.07, 6.45) is 1.97. The van der Waals surface area contributed by atoms with Gasteiger partial charge in [-0.25, -0.2) is 0 Å². The summed E-state index contributed by atoms with van der Waals surface area (Å²) in [6, 6.07) is 3.76. The van der Waals surface area contributed by atoms with Gasteiger partial charge in [0.1, 0.15) is 11.5 Å². The summed E-state index contributed by atoms with van der Waals surface area (Å²) in [5, 5.41) is 9.05. The van der Waals surface area contributed by atoms with Crippen molar-refractivity contribution < 1.29 is 19.4 Å². The molecule has 4 heteroatoms. The lowest BCUT2D eigenvalue weighted by atomic mass is 9.83. The first-order chi connectivity index (χ1) is 8.15. The maximum absolute atomic E-state index is 11.0. The number of hydrogen-bond donors (Lipinski definition) is 1. The highest BCUT2D eigenvalue weighted by atomic mass is 16.5. The number of carbonyl (C=O) groups is 1. The van der Waals surface area contributed by atoms with Crippen molar-refractivity contribution in [2.75, 3.05) is 14.2 Å². The van der Waals surface area contributed by atoms with Crippen LogP contribution in [-0.2, 0) is 17.6 Å². The fraction of sp³-hybridized carbons (Fsp3) is 0.462. The molecule has 4 nitrogen and oxygen atoms in total. The van der Waals surface area contributed by atoms with E-state index in [4.69, 9.17) is 14.6 Å². The third-order valence-corrected chi connectivity index (χ3v) is 3.29. The third kappa shape index (κ3) is 2.20. The maximum Gasteiger partial charge on any atom is 0.306 e. The van der Waals surface area contributed by atoms with Gasteiger partial charge in [0.05, 0.1) is 20.1 Å². The Kier molecular flexibility index (Phi) is 3.22. The van der Waals surface area contributed by atoms with E-state index < -0.39 is 5.97 Å². The minimum Gasteiger partial charge on any atom is -0.497 e. The Bertz CT molecular complexity index is 439. The standard InChI is InChI=1S/C13H16O4/c1-16-10-6-9-5-8(13(14)15)3-4-11(9)12(7-10)17-2/h6-8H,3-5H2,1-2H3,(H,14,15)/t8-/m0/s1. The quantitative estimate of drug-likeness (QED) is 0.870. The molecule has 1 aromatic rings. The first-order valence-corrected chi connectivity index (χ1v) is 5.62. The van der Waals surface area contributed by atoms with E-state index in [0.717, 1.165) is 23.3 Å². The molecular formula is C13H16O4. The molecule has 0 amide bonds. The van der Waals surface area contributed by atoms with Gasteiger partial charge in [0.25, 0.3) is 0 Å². The van der Waals surface area contributed by atoms with Crippen molar-refractivity contribution in [3.63, 3.8) is 0 Å². The van der Waals surface area contributed by atoms with Gasteiger partial charge < -0.3 is 14.6 Å². The number of benzene rings is 1. The van der Waals surface area contributed by atoms with Crippen molar-refractivity contribution >= 4 is 5.97 Å². The van der Waals surface area contributed by atoms with Gasteiger partial charge >= 0.3 is 5.97 Å². The zero-order chi connectivity index (χ0) is 12.4. The molecule has 17 heavy (non-hydrogen) atoms. The topological polar surface area (TPSA) is 55.8 Å². The Morgan fingerprint density at radius 3 is 2.71 bits per heavy atom. The van der Waals surface area contributed by atoms with Crippen LogP contribution in [-0.4, -0.2) is 25.3 Å². The van der Waals surface area contributed by atoms with Crippen LogP contribution in [0.5, 0.6) is 11.5 Å². The van der Waals surface area contributed by atoms with Crippen LogP contribution in [0.1, 0.15) is 17.5 Å². The summed E-state index contributed by atoms with van der Waals surface area (Å²) >= 11 is 0. The Hall–Kier alpha value is -1.71. The SMILES string of the molecule is COc1cc2c(c(OC)c1)CC[C@H](C(=O)O)C2. The van der Waals surface area contributed by atoms with E-state index in [1.807, 2.05) is 12.1 Å². The molecule has 0 saturated heterocycles. The summed E-state index contributed by atoms with van der Waals surface area (Å²) in [5.41, 5.74) is 2.14.